The summed E-state index contributed by atoms with van der Waals surface area (Å²) in [5.41, 5.74) is 6.05. The minimum absolute atomic E-state index is 0.134. The fourth-order valence-electron chi connectivity index (χ4n) is 1.57. The maximum atomic E-state index is 12.0. The molecule has 1 aromatic heterocycles. The number of nitrogens with zero attached hydrogens (tertiary/aromatic N) is 2. The summed E-state index contributed by atoms with van der Waals surface area (Å²) in [6, 6.07) is 0. The third-order valence-corrected chi connectivity index (χ3v) is 3.46. The van der Waals surface area contributed by atoms with Gasteiger partial charge in [-0.2, -0.15) is 13.2 Å². The Bertz CT molecular complexity index is 673. The first-order chi connectivity index (χ1) is 12.2. The molecule has 4 N–H and O–H groups in total. The zero-order valence-corrected chi connectivity index (χ0v) is 14.3. The quantitative estimate of drug-likeness (QED) is 0.192. The number of aliphatic imine (C=N–C) groups is 1. The minimum Gasteiger partial charge on any atom is -0.478 e. The van der Waals surface area contributed by atoms with E-state index in [1.165, 1.54) is 11.3 Å². The number of thiazole rings is 1. The van der Waals surface area contributed by atoms with Gasteiger partial charge < -0.3 is 20.9 Å². The summed E-state index contributed by atoms with van der Waals surface area (Å²) in [7, 11) is 0. The summed E-state index contributed by atoms with van der Waals surface area (Å²) in [6.45, 7) is -1.24. The normalized spacial score (nSPS) is 12.3. The highest BCUT2D eigenvalue weighted by molar-refractivity contribution is 7.13. The molecule has 0 aliphatic rings. The van der Waals surface area contributed by atoms with Gasteiger partial charge in [-0.3, -0.25) is 0 Å². The number of rotatable bonds is 9. The van der Waals surface area contributed by atoms with Crippen molar-refractivity contribution in [2.45, 2.75) is 25.4 Å². The number of hydrogen-bond acceptors (Lipinski definition) is 6. The molecule has 0 aliphatic heterocycles. The van der Waals surface area contributed by atoms with Crippen molar-refractivity contribution in [2.75, 3.05) is 18.5 Å². The molecule has 1 rings (SSSR count). The standard InChI is InChI=1S/C14H17F3N4O4S/c15-14(16,17)8-19-12(18)21-13-20-9(7-26-13)3-1-2-6-25-11(24)5-4-10(22)23/h4-5,7H,1-3,6,8H2,(H,22,23)(H3,18,19,20,21)/b5-4-. The molecular formula is C14H17F3N4O4S. The van der Waals surface area contributed by atoms with E-state index in [1.807, 2.05) is 0 Å². The van der Waals surface area contributed by atoms with E-state index < -0.39 is 24.7 Å². The number of aryl methyl sites for hydroxylation is 1. The monoisotopic (exact) mass is 394 g/mol. The molecule has 0 aromatic carbocycles. The average Bonchev–Trinajstić information content (AvgIpc) is 2.97. The molecule has 1 aromatic rings. The molecule has 0 aliphatic carbocycles. The van der Waals surface area contributed by atoms with E-state index in [9.17, 15) is 22.8 Å². The molecule has 0 atom stereocenters. The number of aromatic nitrogens is 1. The third kappa shape index (κ3) is 10.3. The molecule has 144 valence electrons. The lowest BCUT2D eigenvalue weighted by Gasteiger charge is -2.04. The van der Waals surface area contributed by atoms with E-state index in [0.29, 0.717) is 36.2 Å². The van der Waals surface area contributed by atoms with Crippen LogP contribution in [-0.4, -0.2) is 47.3 Å². The molecule has 12 heteroatoms. The van der Waals surface area contributed by atoms with Crippen molar-refractivity contribution in [3.05, 3.63) is 23.2 Å². The number of esters is 1. The lowest BCUT2D eigenvalue weighted by molar-refractivity contribution is -0.138. The Balaban J connectivity index is 2.27. The number of carbonyl (C=O) groups excluding carboxylic acids is 1. The fraction of sp³-hybridized carbons (Fsp3) is 0.429. The Hall–Kier alpha value is -2.63. The van der Waals surface area contributed by atoms with E-state index in [-0.39, 0.29) is 12.6 Å². The van der Waals surface area contributed by atoms with Crippen LogP contribution in [0.4, 0.5) is 18.3 Å². The van der Waals surface area contributed by atoms with Crippen LogP contribution in [0.25, 0.3) is 0 Å². The zero-order valence-electron chi connectivity index (χ0n) is 13.5. The third-order valence-electron chi connectivity index (χ3n) is 2.65. The first-order valence-electron chi connectivity index (χ1n) is 7.31. The van der Waals surface area contributed by atoms with E-state index in [2.05, 4.69) is 15.3 Å². The van der Waals surface area contributed by atoms with Gasteiger partial charge in [0, 0.05) is 17.5 Å². The number of nitrogens with two attached hydrogens (primary N) is 1. The summed E-state index contributed by atoms with van der Waals surface area (Å²) in [6.07, 6.45) is -1.15. The molecule has 0 radical (unpaired) electrons. The highest BCUT2D eigenvalue weighted by Crippen LogP contribution is 2.17. The summed E-state index contributed by atoms with van der Waals surface area (Å²) in [5, 5.41) is 12.9. The van der Waals surface area contributed by atoms with Crippen LogP contribution in [0.2, 0.25) is 0 Å². The largest absolute Gasteiger partial charge is 0.478 e. The topological polar surface area (TPSA) is 127 Å². The van der Waals surface area contributed by atoms with Gasteiger partial charge in [-0.05, 0) is 19.3 Å². The number of aliphatic carboxylic acids is 1. The number of carboxylic acid groups (broad SMARTS) is 1. The van der Waals surface area contributed by atoms with E-state index in [1.54, 1.807) is 5.38 Å². The van der Waals surface area contributed by atoms with Gasteiger partial charge in [0.15, 0.2) is 11.1 Å². The minimum atomic E-state index is -4.42. The zero-order chi connectivity index (χ0) is 19.6. The van der Waals surface area contributed by atoms with Crippen LogP contribution in [0.3, 0.4) is 0 Å². The van der Waals surface area contributed by atoms with Crippen LogP contribution in [0.5, 0.6) is 0 Å². The Morgan fingerprint density at radius 2 is 2.12 bits per heavy atom. The van der Waals surface area contributed by atoms with Crippen molar-refractivity contribution in [1.82, 2.24) is 4.98 Å². The lowest BCUT2D eigenvalue weighted by Crippen LogP contribution is -2.25. The molecule has 8 nitrogen and oxygen atoms in total. The number of unbranched alkanes of at least 4 members (excludes halogenated alkanes) is 1. The molecule has 1 heterocycles. The highest BCUT2D eigenvalue weighted by Gasteiger charge is 2.26. The van der Waals surface area contributed by atoms with E-state index in [4.69, 9.17) is 15.6 Å². The van der Waals surface area contributed by atoms with Crippen molar-refractivity contribution in [1.29, 1.82) is 0 Å². The second-order valence-electron chi connectivity index (χ2n) is 4.88. The summed E-state index contributed by atoms with van der Waals surface area (Å²) >= 11 is 1.17. The van der Waals surface area contributed by atoms with Crippen molar-refractivity contribution in [2.24, 2.45) is 10.7 Å². The Morgan fingerprint density at radius 1 is 1.38 bits per heavy atom. The van der Waals surface area contributed by atoms with Gasteiger partial charge in [0.1, 0.15) is 6.54 Å². The van der Waals surface area contributed by atoms with Crippen molar-refractivity contribution < 1.29 is 32.6 Å². The van der Waals surface area contributed by atoms with Gasteiger partial charge in [0.05, 0.1) is 12.3 Å². The number of carboxylic acids is 1. The van der Waals surface area contributed by atoms with Crippen LogP contribution < -0.4 is 11.1 Å². The second-order valence-corrected chi connectivity index (χ2v) is 5.74. The number of carbonyl (C=O) groups is 2. The molecule has 0 unspecified atom stereocenters. The first-order valence-corrected chi connectivity index (χ1v) is 8.19. The molecule has 0 amide bonds. The number of guanidine groups is 1. The molecule has 0 saturated heterocycles. The number of halogens is 3. The number of nitrogens with one attached hydrogen (secondary N) is 1. The van der Waals surface area contributed by atoms with Crippen molar-refractivity contribution in [3.63, 3.8) is 0 Å². The Labute approximate surface area is 150 Å². The van der Waals surface area contributed by atoms with E-state index >= 15 is 0 Å². The smallest absolute Gasteiger partial charge is 0.408 e. The molecule has 0 bridgehead atoms. The Morgan fingerprint density at radius 3 is 2.77 bits per heavy atom. The van der Waals surface area contributed by atoms with Crippen molar-refractivity contribution >= 4 is 34.4 Å². The number of ether oxygens (including phenoxy) is 1. The number of alkyl halides is 3. The number of anilines is 1. The highest BCUT2D eigenvalue weighted by atomic mass is 32.1. The fourth-order valence-corrected chi connectivity index (χ4v) is 2.32. The van der Waals surface area contributed by atoms with Crippen molar-refractivity contribution in [3.8, 4) is 0 Å². The molecule has 0 fully saturated rings. The maximum absolute atomic E-state index is 12.0. The van der Waals surface area contributed by atoms with Gasteiger partial charge in [-0.25, -0.2) is 19.6 Å². The summed E-state index contributed by atoms with van der Waals surface area (Å²) < 4.78 is 40.9. The maximum Gasteiger partial charge on any atom is 0.408 e. The van der Waals surface area contributed by atoms with Crippen LogP contribution in [0.1, 0.15) is 18.5 Å². The predicted molar refractivity (Wildman–Crippen MR) is 89.0 cm³/mol. The van der Waals surface area contributed by atoms with Gasteiger partial charge in [-0.1, -0.05) is 0 Å². The van der Waals surface area contributed by atoms with Gasteiger partial charge in [-0.15, -0.1) is 11.3 Å². The van der Waals surface area contributed by atoms with Gasteiger partial charge in [0.2, 0.25) is 0 Å². The molecule has 0 spiro atoms. The SMILES string of the molecule is NC(=NCC(F)(F)F)Nc1nc(CCCCOC(=O)/C=C\C(=O)O)cs1. The molecular weight excluding hydrogens is 377 g/mol. The van der Waals surface area contributed by atoms with E-state index in [0.717, 1.165) is 6.08 Å². The predicted octanol–water partition coefficient (Wildman–Crippen LogP) is 1.94. The Kier molecular flexibility index (Phi) is 8.55. The summed E-state index contributed by atoms with van der Waals surface area (Å²) in [5.74, 6) is -2.34. The van der Waals surface area contributed by atoms with Gasteiger partial charge in [0.25, 0.3) is 0 Å². The average molecular weight is 394 g/mol. The lowest BCUT2D eigenvalue weighted by atomic mass is 10.2. The van der Waals surface area contributed by atoms with Crippen LogP contribution >= 0.6 is 11.3 Å². The summed E-state index contributed by atoms with van der Waals surface area (Å²) in [4.78, 5) is 28.7. The second kappa shape index (κ2) is 10.4. The van der Waals surface area contributed by atoms with Gasteiger partial charge >= 0.3 is 18.1 Å². The van der Waals surface area contributed by atoms with Crippen LogP contribution in [-0.2, 0) is 20.7 Å². The molecule has 26 heavy (non-hydrogen) atoms. The number of hydrogen-bond donors (Lipinski definition) is 3. The van der Waals surface area contributed by atoms with Crippen LogP contribution in [0, 0.1) is 0 Å². The molecule has 0 saturated carbocycles. The first kappa shape index (κ1) is 21.4. The van der Waals surface area contributed by atoms with Crippen LogP contribution in [0.15, 0.2) is 22.5 Å².